The zero-order valence-electron chi connectivity index (χ0n) is 17.1. The molecule has 32 heavy (non-hydrogen) atoms. The molecule has 0 radical (unpaired) electrons. The Labute approximate surface area is 183 Å². The number of carbonyl (C=O) groups is 2. The number of aromatic nitrogens is 4. The molecule has 0 aliphatic heterocycles. The number of hydrogen-bond donors (Lipinski definition) is 3. The number of para-hydroxylation sites is 1. The van der Waals surface area contributed by atoms with Gasteiger partial charge in [0.1, 0.15) is 0 Å². The van der Waals surface area contributed by atoms with E-state index in [1.807, 2.05) is 54.6 Å². The van der Waals surface area contributed by atoms with E-state index < -0.39 is 5.91 Å². The Morgan fingerprint density at radius 3 is 2.66 bits per heavy atom. The number of carbonyl (C=O) groups excluding carboxylic acids is 2. The molecule has 158 valence electrons. The summed E-state index contributed by atoms with van der Waals surface area (Å²) in [6.07, 6.45) is 5.11. The molecule has 0 aliphatic carbocycles. The fourth-order valence-corrected chi connectivity index (χ4v) is 3.66. The standard InChI is InChI=1S/C24H20N6O2/c31-22(11-17-12-25-21-9-5-4-8-20(17)21)28-29-24(32)19-10-18-14-27-30(23(18)26-13-19)15-16-6-2-1-3-7-16/h1-10,12-14,25H,11,15H2,(H,28,31)(H,29,32). The molecular weight excluding hydrogens is 404 g/mol. The fraction of sp³-hybridized carbons (Fsp3) is 0.0833. The highest BCUT2D eigenvalue weighted by Crippen LogP contribution is 2.18. The number of nitrogens with one attached hydrogen (secondary N) is 3. The van der Waals surface area contributed by atoms with Gasteiger partial charge in [-0.2, -0.15) is 5.10 Å². The number of rotatable bonds is 5. The summed E-state index contributed by atoms with van der Waals surface area (Å²) in [6.45, 7) is 0.590. The fourth-order valence-electron chi connectivity index (χ4n) is 3.66. The van der Waals surface area contributed by atoms with E-state index in [0.717, 1.165) is 27.4 Å². The van der Waals surface area contributed by atoms with Crippen LogP contribution >= 0.6 is 0 Å². The molecule has 0 bridgehead atoms. The minimum Gasteiger partial charge on any atom is -0.361 e. The molecule has 0 aliphatic rings. The van der Waals surface area contributed by atoms with Crippen molar-refractivity contribution < 1.29 is 9.59 Å². The van der Waals surface area contributed by atoms with Crippen LogP contribution in [0.1, 0.15) is 21.5 Å². The maximum atomic E-state index is 12.5. The largest absolute Gasteiger partial charge is 0.361 e. The molecule has 0 spiro atoms. The number of fused-ring (bicyclic) bond motifs is 2. The van der Waals surface area contributed by atoms with E-state index in [4.69, 9.17) is 0 Å². The van der Waals surface area contributed by atoms with Crippen LogP contribution in [0, 0.1) is 0 Å². The number of nitrogens with zero attached hydrogens (tertiary/aromatic N) is 3. The lowest BCUT2D eigenvalue weighted by atomic mass is 10.1. The second kappa shape index (κ2) is 8.35. The lowest BCUT2D eigenvalue weighted by molar-refractivity contribution is -0.121. The van der Waals surface area contributed by atoms with Crippen molar-refractivity contribution >= 4 is 33.8 Å². The highest BCUT2D eigenvalue weighted by molar-refractivity contribution is 5.98. The summed E-state index contributed by atoms with van der Waals surface area (Å²) in [5.74, 6) is -0.754. The summed E-state index contributed by atoms with van der Waals surface area (Å²) in [4.78, 5) is 32.4. The van der Waals surface area contributed by atoms with Gasteiger partial charge in [-0.1, -0.05) is 48.5 Å². The molecule has 3 N–H and O–H groups in total. The van der Waals surface area contributed by atoms with Crippen LogP contribution in [-0.2, 0) is 17.8 Å². The quantitative estimate of drug-likeness (QED) is 0.377. The average molecular weight is 424 g/mol. The van der Waals surface area contributed by atoms with Crippen molar-refractivity contribution in [2.24, 2.45) is 0 Å². The highest BCUT2D eigenvalue weighted by atomic mass is 16.2. The minimum atomic E-state index is -0.442. The molecule has 3 aromatic heterocycles. The van der Waals surface area contributed by atoms with Crippen molar-refractivity contribution in [3.63, 3.8) is 0 Å². The van der Waals surface area contributed by atoms with E-state index in [-0.39, 0.29) is 12.3 Å². The Balaban J connectivity index is 1.23. The number of H-pyrrole nitrogens is 1. The molecule has 0 atom stereocenters. The van der Waals surface area contributed by atoms with Gasteiger partial charge in [-0.3, -0.25) is 20.4 Å². The van der Waals surface area contributed by atoms with Gasteiger partial charge in [-0.05, 0) is 23.3 Å². The van der Waals surface area contributed by atoms with E-state index in [0.29, 0.717) is 17.8 Å². The van der Waals surface area contributed by atoms with Gasteiger partial charge in [0, 0.05) is 28.7 Å². The SMILES string of the molecule is O=C(Cc1c[nH]c2ccccc12)NNC(=O)c1cnc2c(cnn2Cc2ccccc2)c1. The third kappa shape index (κ3) is 3.93. The van der Waals surface area contributed by atoms with Crippen LogP contribution < -0.4 is 10.9 Å². The first-order valence-electron chi connectivity index (χ1n) is 10.2. The third-order valence-corrected chi connectivity index (χ3v) is 5.25. The summed E-state index contributed by atoms with van der Waals surface area (Å²) in [6, 6.07) is 19.4. The lowest BCUT2D eigenvalue weighted by Gasteiger charge is -2.07. The van der Waals surface area contributed by atoms with E-state index in [1.54, 1.807) is 23.1 Å². The summed E-state index contributed by atoms with van der Waals surface area (Å²) in [5, 5.41) is 6.11. The molecule has 5 rings (SSSR count). The maximum absolute atomic E-state index is 12.5. The van der Waals surface area contributed by atoms with Crippen molar-refractivity contribution in [3.05, 3.63) is 95.9 Å². The summed E-state index contributed by atoms with van der Waals surface area (Å²) in [7, 11) is 0. The Kier molecular flexibility index (Phi) is 5.09. The summed E-state index contributed by atoms with van der Waals surface area (Å²) >= 11 is 0. The Morgan fingerprint density at radius 2 is 1.78 bits per heavy atom. The molecule has 8 heteroatoms. The summed E-state index contributed by atoms with van der Waals surface area (Å²) < 4.78 is 1.79. The van der Waals surface area contributed by atoms with Crippen molar-refractivity contribution in [2.75, 3.05) is 0 Å². The van der Waals surface area contributed by atoms with Crippen molar-refractivity contribution in [3.8, 4) is 0 Å². The van der Waals surface area contributed by atoms with E-state index in [9.17, 15) is 9.59 Å². The van der Waals surface area contributed by atoms with Crippen LogP contribution in [0.15, 0.2) is 79.3 Å². The predicted molar refractivity (Wildman–Crippen MR) is 121 cm³/mol. The average Bonchev–Trinajstić information content (AvgIpc) is 3.42. The predicted octanol–water partition coefficient (Wildman–Crippen LogP) is 2.96. The van der Waals surface area contributed by atoms with Crippen LogP contribution in [0.3, 0.4) is 0 Å². The molecule has 2 amide bonds. The number of amides is 2. The lowest BCUT2D eigenvalue weighted by Crippen LogP contribution is -2.42. The van der Waals surface area contributed by atoms with Gasteiger partial charge < -0.3 is 4.98 Å². The normalized spacial score (nSPS) is 11.0. The Morgan fingerprint density at radius 1 is 0.969 bits per heavy atom. The highest BCUT2D eigenvalue weighted by Gasteiger charge is 2.13. The third-order valence-electron chi connectivity index (χ3n) is 5.25. The molecule has 0 saturated heterocycles. The van der Waals surface area contributed by atoms with Gasteiger partial charge in [0.15, 0.2) is 5.65 Å². The number of aromatic amines is 1. The first-order chi connectivity index (χ1) is 15.7. The number of hydrogen-bond acceptors (Lipinski definition) is 4. The van der Waals surface area contributed by atoms with Gasteiger partial charge >= 0.3 is 0 Å². The molecular formula is C24H20N6O2. The Hall–Kier alpha value is -4.46. The van der Waals surface area contributed by atoms with E-state index in [1.165, 1.54) is 6.20 Å². The van der Waals surface area contributed by atoms with Crippen LogP contribution in [-0.4, -0.2) is 31.6 Å². The van der Waals surface area contributed by atoms with Crippen molar-refractivity contribution in [2.45, 2.75) is 13.0 Å². The molecule has 8 nitrogen and oxygen atoms in total. The van der Waals surface area contributed by atoms with Crippen LogP contribution in [0.2, 0.25) is 0 Å². The maximum Gasteiger partial charge on any atom is 0.271 e. The number of pyridine rings is 1. The van der Waals surface area contributed by atoms with Gasteiger partial charge in [0.2, 0.25) is 5.91 Å². The van der Waals surface area contributed by atoms with Crippen LogP contribution in [0.5, 0.6) is 0 Å². The van der Waals surface area contributed by atoms with Gasteiger partial charge in [0.25, 0.3) is 5.91 Å². The molecule has 5 aromatic rings. The molecule has 2 aromatic carbocycles. The van der Waals surface area contributed by atoms with E-state index in [2.05, 4.69) is 25.9 Å². The zero-order chi connectivity index (χ0) is 21.9. The van der Waals surface area contributed by atoms with Crippen LogP contribution in [0.4, 0.5) is 0 Å². The van der Waals surface area contributed by atoms with Gasteiger partial charge in [0.05, 0.1) is 24.7 Å². The van der Waals surface area contributed by atoms with Crippen LogP contribution in [0.25, 0.3) is 21.9 Å². The number of hydrazine groups is 1. The topological polar surface area (TPSA) is 105 Å². The smallest absolute Gasteiger partial charge is 0.271 e. The minimum absolute atomic E-state index is 0.147. The second-order valence-corrected chi connectivity index (χ2v) is 7.46. The molecule has 0 fully saturated rings. The first kappa shape index (κ1) is 19.5. The zero-order valence-corrected chi connectivity index (χ0v) is 17.1. The Bertz CT molecular complexity index is 1420. The van der Waals surface area contributed by atoms with Gasteiger partial charge in [-0.15, -0.1) is 0 Å². The molecule has 0 unspecified atom stereocenters. The number of benzene rings is 2. The van der Waals surface area contributed by atoms with Crippen molar-refractivity contribution in [1.29, 1.82) is 0 Å². The van der Waals surface area contributed by atoms with E-state index >= 15 is 0 Å². The molecule has 0 saturated carbocycles. The van der Waals surface area contributed by atoms with Gasteiger partial charge in [-0.25, -0.2) is 9.67 Å². The first-order valence-corrected chi connectivity index (χ1v) is 10.2. The molecule has 3 heterocycles. The monoisotopic (exact) mass is 424 g/mol. The summed E-state index contributed by atoms with van der Waals surface area (Å²) in [5.41, 5.74) is 8.89. The second-order valence-electron chi connectivity index (χ2n) is 7.46. The van der Waals surface area contributed by atoms with Crippen molar-refractivity contribution in [1.82, 2.24) is 30.6 Å².